The first-order valence-electron chi connectivity index (χ1n) is 5.52. The summed E-state index contributed by atoms with van der Waals surface area (Å²) in [4.78, 5) is 3.96. The van der Waals surface area contributed by atoms with Gasteiger partial charge in [0.15, 0.2) is 0 Å². The molecule has 1 N–H and O–H groups in total. The van der Waals surface area contributed by atoms with Crippen molar-refractivity contribution in [3.05, 3.63) is 29.3 Å². The minimum Gasteiger partial charge on any atom is -0.598 e. The predicted molar refractivity (Wildman–Crippen MR) is 68.4 cm³/mol. The summed E-state index contributed by atoms with van der Waals surface area (Å²) in [6.07, 6.45) is 1.61. The number of pyridine rings is 1. The zero-order valence-electron chi connectivity index (χ0n) is 10.9. The van der Waals surface area contributed by atoms with E-state index in [-0.39, 0.29) is 16.6 Å². The number of hydrogen-bond donors (Lipinski definition) is 1. The van der Waals surface area contributed by atoms with Gasteiger partial charge in [-0.2, -0.15) is 0 Å². The molecule has 0 aliphatic carbocycles. The summed E-state index contributed by atoms with van der Waals surface area (Å²) in [5.74, 6) is -0.335. The van der Waals surface area contributed by atoms with Crippen LogP contribution in [-0.2, 0) is 11.4 Å². The van der Waals surface area contributed by atoms with Crippen molar-refractivity contribution in [1.82, 2.24) is 9.71 Å². The van der Waals surface area contributed by atoms with Gasteiger partial charge in [-0.3, -0.25) is 4.98 Å². The highest BCUT2D eigenvalue weighted by Gasteiger charge is 2.28. The fraction of sp³-hybridized carbons (Fsp3) is 0.583. The molecule has 1 aromatic heterocycles. The van der Waals surface area contributed by atoms with Gasteiger partial charge in [-0.1, -0.05) is 0 Å². The summed E-state index contributed by atoms with van der Waals surface area (Å²) in [7, 11) is 0. The van der Waals surface area contributed by atoms with Crippen molar-refractivity contribution >= 4 is 11.4 Å². The minimum atomic E-state index is -1.18. The Balaban J connectivity index is 2.76. The van der Waals surface area contributed by atoms with Crippen molar-refractivity contribution in [2.75, 3.05) is 0 Å². The van der Waals surface area contributed by atoms with Gasteiger partial charge >= 0.3 is 0 Å². The second kappa shape index (κ2) is 5.33. The molecule has 17 heavy (non-hydrogen) atoms. The molecule has 3 nitrogen and oxygen atoms in total. The van der Waals surface area contributed by atoms with E-state index < -0.39 is 11.4 Å². The molecule has 0 saturated heterocycles. The fourth-order valence-electron chi connectivity index (χ4n) is 1.16. The summed E-state index contributed by atoms with van der Waals surface area (Å²) in [5, 5.41) is 0. The molecule has 1 aromatic rings. The van der Waals surface area contributed by atoms with E-state index in [2.05, 4.69) is 9.71 Å². The van der Waals surface area contributed by atoms with Gasteiger partial charge in [0.2, 0.25) is 0 Å². The third kappa shape index (κ3) is 3.94. The maximum absolute atomic E-state index is 13.3. The van der Waals surface area contributed by atoms with E-state index in [0.29, 0.717) is 11.3 Å². The standard InChI is InChI=1S/C12H19FN2OS/c1-8(15-17(16)12(3,4)5)10-6-11(13)9(2)14-7-10/h6-8,15H,1-5H3/t8-,17?/m0/s1. The molecule has 0 fully saturated rings. The van der Waals surface area contributed by atoms with E-state index in [0.717, 1.165) is 0 Å². The predicted octanol–water partition coefficient (Wildman–Crippen LogP) is 2.64. The average molecular weight is 258 g/mol. The van der Waals surface area contributed by atoms with Crippen molar-refractivity contribution in [3.63, 3.8) is 0 Å². The van der Waals surface area contributed by atoms with Gasteiger partial charge in [0.25, 0.3) is 0 Å². The maximum atomic E-state index is 13.3. The number of hydrogen-bond acceptors (Lipinski definition) is 3. The minimum absolute atomic E-state index is 0.197. The van der Waals surface area contributed by atoms with Crippen molar-refractivity contribution < 1.29 is 8.94 Å². The van der Waals surface area contributed by atoms with Crippen LogP contribution in [0, 0.1) is 12.7 Å². The molecule has 0 aliphatic heterocycles. The molecule has 1 rings (SSSR count). The molecular formula is C12H19FN2OS. The molecule has 0 aliphatic rings. The Morgan fingerprint density at radius 3 is 2.53 bits per heavy atom. The van der Waals surface area contributed by atoms with Crippen molar-refractivity contribution in [3.8, 4) is 0 Å². The van der Waals surface area contributed by atoms with Gasteiger partial charge in [0.1, 0.15) is 10.6 Å². The lowest BCUT2D eigenvalue weighted by Crippen LogP contribution is -2.40. The van der Waals surface area contributed by atoms with Gasteiger partial charge in [0, 0.05) is 17.6 Å². The Kier molecular flexibility index (Phi) is 4.52. The SMILES string of the molecule is Cc1ncc([C@H](C)N[S+]([O-])C(C)(C)C)cc1F. The van der Waals surface area contributed by atoms with Crippen LogP contribution < -0.4 is 4.72 Å². The smallest absolute Gasteiger partial charge is 0.144 e. The van der Waals surface area contributed by atoms with Gasteiger partial charge in [-0.15, -0.1) is 4.72 Å². The van der Waals surface area contributed by atoms with Crippen molar-refractivity contribution in [2.45, 2.75) is 45.4 Å². The first kappa shape index (κ1) is 14.4. The highest BCUT2D eigenvalue weighted by Crippen LogP contribution is 2.20. The molecule has 0 aromatic carbocycles. The first-order chi connectivity index (χ1) is 7.71. The number of rotatable bonds is 3. The Morgan fingerprint density at radius 2 is 2.06 bits per heavy atom. The molecule has 1 unspecified atom stereocenters. The number of halogens is 1. The molecule has 0 saturated carbocycles. The molecule has 1 heterocycles. The number of nitrogens with zero attached hydrogens (tertiary/aromatic N) is 1. The lowest BCUT2D eigenvalue weighted by Gasteiger charge is -2.26. The van der Waals surface area contributed by atoms with Crippen LogP contribution in [0.2, 0.25) is 0 Å². The summed E-state index contributed by atoms with van der Waals surface area (Å²) < 4.78 is 27.8. The lowest BCUT2D eigenvalue weighted by atomic mass is 10.1. The molecule has 0 spiro atoms. The van der Waals surface area contributed by atoms with E-state index in [9.17, 15) is 8.94 Å². The van der Waals surface area contributed by atoms with E-state index in [1.165, 1.54) is 6.07 Å². The quantitative estimate of drug-likeness (QED) is 0.848. The van der Waals surface area contributed by atoms with Gasteiger partial charge in [-0.05, 0) is 46.2 Å². The third-order valence-corrected chi connectivity index (χ3v) is 4.07. The second-order valence-electron chi connectivity index (χ2n) is 5.06. The Labute approximate surface area is 105 Å². The van der Waals surface area contributed by atoms with Crippen LogP contribution in [0.25, 0.3) is 0 Å². The lowest BCUT2D eigenvalue weighted by molar-refractivity contribution is 0.529. The molecular weight excluding hydrogens is 239 g/mol. The van der Waals surface area contributed by atoms with Crippen LogP contribution in [0.5, 0.6) is 0 Å². The molecule has 0 bridgehead atoms. The summed E-state index contributed by atoms with van der Waals surface area (Å²) in [6.45, 7) is 9.12. The number of aryl methyl sites for hydroxylation is 1. The van der Waals surface area contributed by atoms with Crippen LogP contribution in [0.1, 0.15) is 45.0 Å². The number of nitrogens with one attached hydrogen (secondary N) is 1. The Bertz CT molecular complexity index is 393. The van der Waals surface area contributed by atoms with Gasteiger partial charge in [0.05, 0.1) is 11.7 Å². The summed E-state index contributed by atoms with van der Waals surface area (Å²) in [6, 6.07) is 1.23. The Hall–Kier alpha value is -0.650. The zero-order valence-corrected chi connectivity index (χ0v) is 11.7. The van der Waals surface area contributed by atoms with E-state index in [1.807, 2.05) is 27.7 Å². The summed E-state index contributed by atoms with van der Waals surface area (Å²) >= 11 is -1.18. The van der Waals surface area contributed by atoms with Crippen LogP contribution in [-0.4, -0.2) is 14.3 Å². The topological polar surface area (TPSA) is 48.0 Å². The summed E-state index contributed by atoms with van der Waals surface area (Å²) in [5.41, 5.74) is 1.07. The molecule has 0 radical (unpaired) electrons. The van der Waals surface area contributed by atoms with Crippen LogP contribution in [0.15, 0.2) is 12.3 Å². The van der Waals surface area contributed by atoms with Crippen molar-refractivity contribution in [2.24, 2.45) is 0 Å². The third-order valence-electron chi connectivity index (χ3n) is 2.39. The molecule has 0 amide bonds. The Morgan fingerprint density at radius 1 is 1.47 bits per heavy atom. The van der Waals surface area contributed by atoms with E-state index in [1.54, 1.807) is 13.1 Å². The molecule has 5 heteroatoms. The largest absolute Gasteiger partial charge is 0.598 e. The second-order valence-corrected chi connectivity index (χ2v) is 7.05. The fourth-order valence-corrected chi connectivity index (χ4v) is 1.97. The average Bonchev–Trinajstić information content (AvgIpc) is 2.20. The van der Waals surface area contributed by atoms with E-state index >= 15 is 0 Å². The van der Waals surface area contributed by atoms with Gasteiger partial charge < -0.3 is 4.55 Å². The highest BCUT2D eigenvalue weighted by atomic mass is 32.2. The normalized spacial score (nSPS) is 15.7. The molecule has 96 valence electrons. The monoisotopic (exact) mass is 258 g/mol. The van der Waals surface area contributed by atoms with Crippen LogP contribution in [0.4, 0.5) is 4.39 Å². The van der Waals surface area contributed by atoms with Crippen LogP contribution in [0.3, 0.4) is 0 Å². The molecule has 2 atom stereocenters. The van der Waals surface area contributed by atoms with Crippen LogP contribution >= 0.6 is 0 Å². The highest BCUT2D eigenvalue weighted by molar-refractivity contribution is 7.90. The van der Waals surface area contributed by atoms with E-state index in [4.69, 9.17) is 0 Å². The van der Waals surface area contributed by atoms with Crippen molar-refractivity contribution in [1.29, 1.82) is 0 Å². The van der Waals surface area contributed by atoms with Gasteiger partial charge in [-0.25, -0.2) is 4.39 Å². The number of aromatic nitrogens is 1. The maximum Gasteiger partial charge on any atom is 0.144 e. The first-order valence-corrected chi connectivity index (χ1v) is 6.67. The zero-order chi connectivity index (χ0) is 13.2.